The van der Waals surface area contributed by atoms with Crippen LogP contribution in [0.5, 0.6) is 0 Å². The minimum atomic E-state index is 0.985. The fraction of sp³-hybridized carbons (Fsp3) is 0.0667. The van der Waals surface area contributed by atoms with Gasteiger partial charge in [0.1, 0.15) is 0 Å². The molecule has 0 radical (unpaired) electrons. The number of benzene rings is 1. The van der Waals surface area contributed by atoms with E-state index in [2.05, 4.69) is 60.7 Å². The van der Waals surface area contributed by atoms with Gasteiger partial charge in [-0.05, 0) is 17.6 Å². The minimum Gasteiger partial charge on any atom is -0.0801 e. The summed E-state index contributed by atoms with van der Waals surface area (Å²) in [5.74, 6) is 0. The second-order valence-electron chi connectivity index (χ2n) is 3.46. The van der Waals surface area contributed by atoms with Crippen molar-refractivity contribution in [1.82, 2.24) is 0 Å². The van der Waals surface area contributed by atoms with Gasteiger partial charge in [0, 0.05) is 0 Å². The molecule has 74 valence electrons. The van der Waals surface area contributed by atoms with Crippen LogP contribution in [0.1, 0.15) is 12.0 Å². The van der Waals surface area contributed by atoms with E-state index in [9.17, 15) is 0 Å². The lowest BCUT2D eigenvalue weighted by Gasteiger charge is -2.03. The quantitative estimate of drug-likeness (QED) is 0.630. The highest BCUT2D eigenvalue weighted by Gasteiger charge is 1.97. The summed E-state index contributed by atoms with van der Waals surface area (Å²) in [5, 5.41) is 0. The molecule has 0 nitrogen and oxygen atoms in total. The Morgan fingerprint density at radius 1 is 0.733 bits per heavy atom. The summed E-state index contributed by atoms with van der Waals surface area (Å²) in [7, 11) is 0. The Balaban J connectivity index is 2.29. The zero-order valence-corrected chi connectivity index (χ0v) is 8.64. The van der Waals surface area contributed by atoms with Crippen molar-refractivity contribution in [3.63, 3.8) is 0 Å². The fourth-order valence-corrected chi connectivity index (χ4v) is 1.57. The summed E-state index contributed by atoms with van der Waals surface area (Å²) in [6.07, 6.45) is 15.7. The molecule has 15 heavy (non-hydrogen) atoms. The van der Waals surface area contributed by atoms with E-state index in [0.717, 1.165) is 6.42 Å². The van der Waals surface area contributed by atoms with Crippen molar-refractivity contribution in [2.45, 2.75) is 6.42 Å². The van der Waals surface area contributed by atoms with Gasteiger partial charge in [0.15, 0.2) is 0 Å². The van der Waals surface area contributed by atoms with Gasteiger partial charge >= 0.3 is 0 Å². The van der Waals surface area contributed by atoms with Crippen LogP contribution in [-0.2, 0) is 0 Å². The first-order valence-corrected chi connectivity index (χ1v) is 5.21. The van der Waals surface area contributed by atoms with Gasteiger partial charge in [-0.25, -0.2) is 0 Å². The van der Waals surface area contributed by atoms with Crippen LogP contribution in [0.3, 0.4) is 0 Å². The molecule has 1 aromatic carbocycles. The molecule has 0 fully saturated rings. The number of hydrogen-bond donors (Lipinski definition) is 0. The normalized spacial score (nSPS) is 23.1. The van der Waals surface area contributed by atoms with Crippen LogP contribution in [0, 0.1) is 0 Å². The number of allylic oxidation sites excluding steroid dienone is 8. The molecule has 0 aromatic heterocycles. The van der Waals surface area contributed by atoms with Gasteiger partial charge in [0.2, 0.25) is 0 Å². The second kappa shape index (κ2) is 5.16. The topological polar surface area (TPSA) is 0 Å². The van der Waals surface area contributed by atoms with E-state index >= 15 is 0 Å². The third-order valence-corrected chi connectivity index (χ3v) is 2.36. The van der Waals surface area contributed by atoms with Gasteiger partial charge in [0.25, 0.3) is 0 Å². The lowest BCUT2D eigenvalue weighted by Crippen LogP contribution is -1.81. The van der Waals surface area contributed by atoms with Crippen molar-refractivity contribution in [2.75, 3.05) is 0 Å². The highest BCUT2D eigenvalue weighted by Crippen LogP contribution is 2.19. The van der Waals surface area contributed by atoms with Crippen molar-refractivity contribution < 1.29 is 0 Å². The van der Waals surface area contributed by atoms with E-state index in [-0.39, 0.29) is 0 Å². The molecule has 0 amide bonds. The van der Waals surface area contributed by atoms with Crippen molar-refractivity contribution in [3.05, 3.63) is 78.4 Å². The molecule has 0 N–H and O–H groups in total. The molecule has 1 aliphatic carbocycles. The third-order valence-electron chi connectivity index (χ3n) is 2.36. The predicted octanol–water partition coefficient (Wildman–Crippen LogP) is 4.14. The van der Waals surface area contributed by atoms with Gasteiger partial charge in [0.05, 0.1) is 0 Å². The molecule has 0 heteroatoms. The smallest absolute Gasteiger partial charge is 0.00884 e. The summed E-state index contributed by atoms with van der Waals surface area (Å²) in [4.78, 5) is 0. The summed E-state index contributed by atoms with van der Waals surface area (Å²) in [6, 6.07) is 10.5. The Bertz CT molecular complexity index is 417. The van der Waals surface area contributed by atoms with E-state index in [4.69, 9.17) is 0 Å². The number of hydrogen-bond acceptors (Lipinski definition) is 0. The van der Waals surface area contributed by atoms with Gasteiger partial charge in [-0.15, -0.1) is 0 Å². The standard InChI is InChI=1S/C15H14/c1-2-4-7-11-14(10-6-3-1)15-12-8-5-9-13-15/h1-10,12-13H,11H2/b2-1-,6-3-,7-4?,14-10+. The average Bonchev–Trinajstić information content (AvgIpc) is 2.43. The van der Waals surface area contributed by atoms with E-state index < -0.39 is 0 Å². The van der Waals surface area contributed by atoms with Crippen molar-refractivity contribution in [2.24, 2.45) is 0 Å². The lowest BCUT2D eigenvalue weighted by atomic mass is 10.0. The lowest BCUT2D eigenvalue weighted by molar-refractivity contribution is 1.39. The summed E-state index contributed by atoms with van der Waals surface area (Å²) in [6.45, 7) is 0. The molecule has 2 rings (SSSR count). The predicted molar refractivity (Wildman–Crippen MR) is 66.5 cm³/mol. The highest BCUT2D eigenvalue weighted by molar-refractivity contribution is 5.68. The van der Waals surface area contributed by atoms with Crippen LogP contribution >= 0.6 is 0 Å². The van der Waals surface area contributed by atoms with Crippen LogP contribution < -0.4 is 0 Å². The summed E-state index contributed by atoms with van der Waals surface area (Å²) >= 11 is 0. The Morgan fingerprint density at radius 3 is 2.33 bits per heavy atom. The molecule has 0 unspecified atom stereocenters. The Hall–Kier alpha value is -1.82. The summed E-state index contributed by atoms with van der Waals surface area (Å²) in [5.41, 5.74) is 2.65. The largest absolute Gasteiger partial charge is 0.0801 e. The first-order valence-electron chi connectivity index (χ1n) is 5.21. The minimum absolute atomic E-state index is 0.985. The molecule has 1 aromatic rings. The zero-order chi connectivity index (χ0) is 10.3. The molecule has 0 atom stereocenters. The molecule has 1 aliphatic rings. The van der Waals surface area contributed by atoms with Crippen molar-refractivity contribution in [3.8, 4) is 0 Å². The average molecular weight is 194 g/mol. The Labute approximate surface area is 91.0 Å². The molecular formula is C15H14. The first-order chi connectivity index (χ1) is 7.47. The zero-order valence-electron chi connectivity index (χ0n) is 8.64. The third kappa shape index (κ3) is 2.81. The van der Waals surface area contributed by atoms with Crippen LogP contribution in [0.25, 0.3) is 5.57 Å². The molecule has 0 aliphatic heterocycles. The van der Waals surface area contributed by atoms with E-state index in [1.165, 1.54) is 11.1 Å². The van der Waals surface area contributed by atoms with Crippen LogP contribution in [-0.4, -0.2) is 0 Å². The highest BCUT2D eigenvalue weighted by atomic mass is 14.0. The van der Waals surface area contributed by atoms with E-state index in [1.54, 1.807) is 0 Å². The SMILES string of the molecule is C1=CC\C(c2ccccc2)=C/C=C\C=C/1. The van der Waals surface area contributed by atoms with E-state index in [0.29, 0.717) is 0 Å². The molecule has 0 saturated carbocycles. The van der Waals surface area contributed by atoms with Crippen molar-refractivity contribution in [1.29, 1.82) is 0 Å². The molecule has 0 heterocycles. The van der Waals surface area contributed by atoms with Crippen molar-refractivity contribution >= 4 is 5.57 Å². The van der Waals surface area contributed by atoms with Crippen LogP contribution in [0.2, 0.25) is 0 Å². The Morgan fingerprint density at radius 2 is 1.47 bits per heavy atom. The van der Waals surface area contributed by atoms with Gasteiger partial charge in [-0.2, -0.15) is 0 Å². The molecular weight excluding hydrogens is 180 g/mol. The second-order valence-corrected chi connectivity index (χ2v) is 3.46. The Kier molecular flexibility index (Phi) is 3.34. The van der Waals surface area contributed by atoms with Gasteiger partial charge < -0.3 is 0 Å². The summed E-state index contributed by atoms with van der Waals surface area (Å²) < 4.78 is 0. The fourth-order valence-electron chi connectivity index (χ4n) is 1.57. The first kappa shape index (κ1) is 9.72. The van der Waals surface area contributed by atoms with Crippen LogP contribution in [0.15, 0.2) is 72.9 Å². The maximum atomic E-state index is 2.18. The monoisotopic (exact) mass is 194 g/mol. The molecule has 0 saturated heterocycles. The maximum absolute atomic E-state index is 2.18. The van der Waals surface area contributed by atoms with E-state index in [1.807, 2.05) is 12.1 Å². The molecule has 0 spiro atoms. The maximum Gasteiger partial charge on any atom is -0.00884 e. The number of rotatable bonds is 1. The van der Waals surface area contributed by atoms with Gasteiger partial charge in [-0.1, -0.05) is 72.9 Å². The molecule has 0 bridgehead atoms. The van der Waals surface area contributed by atoms with Gasteiger partial charge in [-0.3, -0.25) is 0 Å². The van der Waals surface area contributed by atoms with Crippen LogP contribution in [0.4, 0.5) is 0 Å².